The summed E-state index contributed by atoms with van der Waals surface area (Å²) in [7, 11) is 0. The SMILES string of the molecule is NCCNC(=O)C1CCC(C(=O)c2ccccc2)CC1. The van der Waals surface area contributed by atoms with Crippen molar-refractivity contribution in [1.82, 2.24) is 5.32 Å². The van der Waals surface area contributed by atoms with Crippen LogP contribution in [-0.2, 0) is 4.79 Å². The number of Topliss-reactive ketones (excluding diaryl/α,β-unsaturated/α-hetero) is 1. The Morgan fingerprint density at radius 2 is 1.65 bits per heavy atom. The van der Waals surface area contributed by atoms with Gasteiger partial charge in [0.15, 0.2) is 5.78 Å². The Balaban J connectivity index is 1.85. The van der Waals surface area contributed by atoms with E-state index in [9.17, 15) is 9.59 Å². The third-order valence-corrected chi connectivity index (χ3v) is 3.97. The van der Waals surface area contributed by atoms with Gasteiger partial charge in [0.05, 0.1) is 0 Å². The Morgan fingerprint density at radius 3 is 2.25 bits per heavy atom. The van der Waals surface area contributed by atoms with Crippen molar-refractivity contribution >= 4 is 11.7 Å². The number of carbonyl (C=O) groups is 2. The summed E-state index contributed by atoms with van der Waals surface area (Å²) in [5.41, 5.74) is 6.15. The smallest absolute Gasteiger partial charge is 0.223 e. The van der Waals surface area contributed by atoms with Crippen molar-refractivity contribution in [2.45, 2.75) is 25.7 Å². The fraction of sp³-hybridized carbons (Fsp3) is 0.500. The molecule has 1 fully saturated rings. The van der Waals surface area contributed by atoms with Crippen molar-refractivity contribution in [3.63, 3.8) is 0 Å². The van der Waals surface area contributed by atoms with E-state index in [-0.39, 0.29) is 23.5 Å². The third-order valence-electron chi connectivity index (χ3n) is 3.97. The van der Waals surface area contributed by atoms with Gasteiger partial charge in [0.25, 0.3) is 0 Å². The van der Waals surface area contributed by atoms with Crippen molar-refractivity contribution in [2.75, 3.05) is 13.1 Å². The maximum Gasteiger partial charge on any atom is 0.223 e. The molecule has 20 heavy (non-hydrogen) atoms. The van der Waals surface area contributed by atoms with Crippen LogP contribution >= 0.6 is 0 Å². The molecule has 3 N–H and O–H groups in total. The maximum absolute atomic E-state index is 12.3. The van der Waals surface area contributed by atoms with Crippen molar-refractivity contribution < 1.29 is 9.59 Å². The highest BCUT2D eigenvalue weighted by atomic mass is 16.2. The van der Waals surface area contributed by atoms with Crippen molar-refractivity contribution in [2.24, 2.45) is 17.6 Å². The van der Waals surface area contributed by atoms with Gasteiger partial charge in [-0.05, 0) is 25.7 Å². The molecule has 1 aliphatic carbocycles. The first kappa shape index (κ1) is 14.7. The zero-order valence-electron chi connectivity index (χ0n) is 11.7. The van der Waals surface area contributed by atoms with Gasteiger partial charge in [0, 0.05) is 30.5 Å². The minimum absolute atomic E-state index is 0.0429. The molecule has 0 bridgehead atoms. The van der Waals surface area contributed by atoms with Crippen LogP contribution in [0.1, 0.15) is 36.0 Å². The van der Waals surface area contributed by atoms with E-state index in [1.807, 2.05) is 30.3 Å². The third kappa shape index (κ3) is 3.67. The average Bonchev–Trinajstić information content (AvgIpc) is 2.53. The molecule has 2 rings (SSSR count). The van der Waals surface area contributed by atoms with Crippen LogP contribution in [0, 0.1) is 11.8 Å². The monoisotopic (exact) mass is 274 g/mol. The second-order valence-electron chi connectivity index (χ2n) is 5.36. The highest BCUT2D eigenvalue weighted by Gasteiger charge is 2.29. The van der Waals surface area contributed by atoms with Gasteiger partial charge < -0.3 is 11.1 Å². The predicted molar refractivity (Wildman–Crippen MR) is 78.3 cm³/mol. The van der Waals surface area contributed by atoms with E-state index >= 15 is 0 Å². The molecule has 1 saturated carbocycles. The van der Waals surface area contributed by atoms with Gasteiger partial charge in [-0.25, -0.2) is 0 Å². The summed E-state index contributed by atoms with van der Waals surface area (Å²) in [6, 6.07) is 9.42. The second kappa shape index (κ2) is 7.20. The Labute approximate surface area is 119 Å². The molecule has 0 atom stereocenters. The summed E-state index contributed by atoms with van der Waals surface area (Å²) in [6.07, 6.45) is 3.18. The minimum Gasteiger partial charge on any atom is -0.355 e. The number of rotatable bonds is 5. The van der Waals surface area contributed by atoms with Crippen LogP contribution in [-0.4, -0.2) is 24.8 Å². The van der Waals surface area contributed by atoms with Crippen molar-refractivity contribution in [3.8, 4) is 0 Å². The molecule has 0 aliphatic heterocycles. The summed E-state index contributed by atoms with van der Waals surface area (Å²) in [6.45, 7) is 0.995. The highest BCUT2D eigenvalue weighted by molar-refractivity contribution is 5.98. The number of ketones is 1. The molecule has 0 aromatic heterocycles. The van der Waals surface area contributed by atoms with Gasteiger partial charge in [-0.15, -0.1) is 0 Å². The molecule has 108 valence electrons. The molecular formula is C16H22N2O2. The van der Waals surface area contributed by atoms with Crippen LogP contribution in [0.4, 0.5) is 0 Å². The highest BCUT2D eigenvalue weighted by Crippen LogP contribution is 2.31. The lowest BCUT2D eigenvalue weighted by atomic mass is 9.78. The van der Waals surface area contributed by atoms with Gasteiger partial charge in [-0.3, -0.25) is 9.59 Å². The Morgan fingerprint density at radius 1 is 1.05 bits per heavy atom. The number of benzene rings is 1. The van der Waals surface area contributed by atoms with Gasteiger partial charge in [-0.1, -0.05) is 30.3 Å². The van der Waals surface area contributed by atoms with E-state index in [1.165, 1.54) is 0 Å². The van der Waals surface area contributed by atoms with Crippen molar-refractivity contribution in [3.05, 3.63) is 35.9 Å². The van der Waals surface area contributed by atoms with E-state index in [0.29, 0.717) is 13.1 Å². The fourth-order valence-corrected chi connectivity index (χ4v) is 2.80. The number of hydrogen-bond acceptors (Lipinski definition) is 3. The van der Waals surface area contributed by atoms with Crippen LogP contribution < -0.4 is 11.1 Å². The summed E-state index contributed by atoms with van der Waals surface area (Å²) < 4.78 is 0. The molecule has 0 spiro atoms. The van der Waals surface area contributed by atoms with Crippen LogP contribution in [0.25, 0.3) is 0 Å². The van der Waals surface area contributed by atoms with Gasteiger partial charge in [0.2, 0.25) is 5.91 Å². The lowest BCUT2D eigenvalue weighted by Gasteiger charge is -2.26. The largest absolute Gasteiger partial charge is 0.355 e. The number of nitrogens with two attached hydrogens (primary N) is 1. The summed E-state index contributed by atoms with van der Waals surface area (Å²) >= 11 is 0. The van der Waals surface area contributed by atoms with E-state index < -0.39 is 0 Å². The Bertz CT molecular complexity index is 451. The average molecular weight is 274 g/mol. The molecular weight excluding hydrogens is 252 g/mol. The summed E-state index contributed by atoms with van der Waals surface area (Å²) in [4.78, 5) is 24.2. The summed E-state index contributed by atoms with van der Waals surface area (Å²) in [5, 5.41) is 2.83. The molecule has 1 aromatic carbocycles. The van der Waals surface area contributed by atoms with E-state index in [1.54, 1.807) is 0 Å². The van der Waals surface area contributed by atoms with Crippen LogP contribution in [0.2, 0.25) is 0 Å². The first-order valence-corrected chi connectivity index (χ1v) is 7.29. The molecule has 0 unspecified atom stereocenters. The Kier molecular flexibility index (Phi) is 5.30. The number of carbonyl (C=O) groups excluding carboxylic acids is 2. The fourth-order valence-electron chi connectivity index (χ4n) is 2.80. The van der Waals surface area contributed by atoms with E-state index in [2.05, 4.69) is 5.32 Å². The molecule has 0 saturated heterocycles. The first-order valence-electron chi connectivity index (χ1n) is 7.29. The maximum atomic E-state index is 12.3. The zero-order valence-corrected chi connectivity index (χ0v) is 11.7. The van der Waals surface area contributed by atoms with Crippen molar-refractivity contribution in [1.29, 1.82) is 0 Å². The minimum atomic E-state index is 0.0429. The van der Waals surface area contributed by atoms with Gasteiger partial charge in [-0.2, -0.15) is 0 Å². The second-order valence-corrected chi connectivity index (χ2v) is 5.36. The normalized spacial score (nSPS) is 22.2. The van der Waals surface area contributed by atoms with Crippen LogP contribution in [0.15, 0.2) is 30.3 Å². The first-order chi connectivity index (χ1) is 9.72. The topological polar surface area (TPSA) is 72.2 Å². The van der Waals surface area contributed by atoms with Crippen LogP contribution in [0.5, 0.6) is 0 Å². The predicted octanol–water partition coefficient (Wildman–Crippen LogP) is 1.75. The lowest BCUT2D eigenvalue weighted by Crippen LogP contribution is -2.36. The van der Waals surface area contributed by atoms with Gasteiger partial charge in [0.1, 0.15) is 0 Å². The van der Waals surface area contributed by atoms with Crippen LogP contribution in [0.3, 0.4) is 0 Å². The molecule has 1 amide bonds. The molecule has 4 nitrogen and oxygen atoms in total. The standard InChI is InChI=1S/C16H22N2O2/c17-10-11-18-16(20)14-8-6-13(7-9-14)15(19)12-4-2-1-3-5-12/h1-5,13-14H,6-11,17H2,(H,18,20). The Hall–Kier alpha value is -1.68. The number of hydrogen-bond donors (Lipinski definition) is 2. The van der Waals surface area contributed by atoms with E-state index in [0.717, 1.165) is 31.2 Å². The van der Waals surface area contributed by atoms with Gasteiger partial charge >= 0.3 is 0 Å². The van der Waals surface area contributed by atoms with E-state index in [4.69, 9.17) is 5.73 Å². The summed E-state index contributed by atoms with van der Waals surface area (Å²) in [5.74, 6) is 0.407. The molecule has 0 heterocycles. The lowest BCUT2D eigenvalue weighted by molar-refractivity contribution is -0.126. The number of amides is 1. The molecule has 0 radical (unpaired) electrons. The molecule has 1 aliphatic rings. The quantitative estimate of drug-likeness (QED) is 0.803. The molecule has 1 aromatic rings. The number of nitrogens with one attached hydrogen (secondary N) is 1. The zero-order chi connectivity index (χ0) is 14.4. The molecule has 4 heteroatoms.